The minimum atomic E-state index is 0.0986. The van der Waals surface area contributed by atoms with Gasteiger partial charge in [0.05, 0.1) is 12.2 Å². The Morgan fingerprint density at radius 1 is 1.20 bits per heavy atom. The molecule has 0 aromatic heterocycles. The van der Waals surface area contributed by atoms with Crippen LogP contribution < -0.4 is 5.32 Å². The van der Waals surface area contributed by atoms with Gasteiger partial charge in [-0.3, -0.25) is 10.1 Å². The van der Waals surface area contributed by atoms with Crippen molar-refractivity contribution in [3.8, 4) is 0 Å². The summed E-state index contributed by atoms with van der Waals surface area (Å²) in [6, 6.07) is 0.0986. The average Bonchev–Trinajstić information content (AvgIpc) is 3.32. The first-order chi connectivity index (χ1) is 9.70. The van der Waals surface area contributed by atoms with Crippen molar-refractivity contribution in [1.29, 1.82) is 0 Å². The number of unbranched alkanes of at least 4 members (excludes halogenated alkanes) is 1. The fourth-order valence-electron chi connectivity index (χ4n) is 3.95. The lowest BCUT2D eigenvalue weighted by Gasteiger charge is -2.28. The summed E-state index contributed by atoms with van der Waals surface area (Å²) in [6.07, 6.45) is 11.5. The maximum atomic E-state index is 12.7. The van der Waals surface area contributed by atoms with E-state index >= 15 is 0 Å². The number of nitrogens with zero attached hydrogens (tertiary/aromatic N) is 1. The zero-order valence-corrected chi connectivity index (χ0v) is 13.2. The molecule has 2 unspecified atom stereocenters. The zero-order valence-electron chi connectivity index (χ0n) is 13.2. The largest absolute Gasteiger partial charge is 0.325 e. The quantitative estimate of drug-likeness (QED) is 0.739. The van der Waals surface area contributed by atoms with Gasteiger partial charge < -0.3 is 4.90 Å². The summed E-state index contributed by atoms with van der Waals surface area (Å²) in [5, 5.41) is 3.61. The van der Waals surface area contributed by atoms with Crippen LogP contribution in [0.15, 0.2) is 0 Å². The van der Waals surface area contributed by atoms with E-state index in [1.54, 1.807) is 0 Å². The molecule has 0 aromatic rings. The van der Waals surface area contributed by atoms with Gasteiger partial charge in [0.1, 0.15) is 0 Å². The lowest BCUT2D eigenvalue weighted by atomic mass is 9.99. The first-order valence-corrected chi connectivity index (χ1v) is 8.76. The molecule has 1 amide bonds. The molecule has 3 aliphatic rings. The Morgan fingerprint density at radius 3 is 2.50 bits per heavy atom. The van der Waals surface area contributed by atoms with Crippen molar-refractivity contribution >= 4 is 5.91 Å². The Kier molecular flexibility index (Phi) is 4.07. The number of hydrogen-bond acceptors (Lipinski definition) is 2. The van der Waals surface area contributed by atoms with Crippen LogP contribution >= 0.6 is 0 Å². The molecule has 3 heteroatoms. The van der Waals surface area contributed by atoms with E-state index in [-0.39, 0.29) is 6.04 Å². The summed E-state index contributed by atoms with van der Waals surface area (Å²) >= 11 is 0. The summed E-state index contributed by atoms with van der Waals surface area (Å²) in [5.41, 5.74) is 0.531. The van der Waals surface area contributed by atoms with Crippen LogP contribution in [0.4, 0.5) is 0 Å². The second kappa shape index (κ2) is 5.67. The number of carbonyl (C=O) groups is 1. The summed E-state index contributed by atoms with van der Waals surface area (Å²) in [7, 11) is 0. The molecule has 2 aliphatic carbocycles. The van der Waals surface area contributed by atoms with Gasteiger partial charge in [0.2, 0.25) is 5.91 Å². The molecule has 3 rings (SSSR count). The van der Waals surface area contributed by atoms with Crippen LogP contribution in [0.5, 0.6) is 0 Å². The molecule has 2 atom stereocenters. The zero-order chi connectivity index (χ0) is 14.2. The number of nitrogens with one attached hydrogen (secondary N) is 1. The van der Waals surface area contributed by atoms with E-state index in [1.165, 1.54) is 32.1 Å². The Hall–Kier alpha value is -0.570. The number of amides is 1. The summed E-state index contributed by atoms with van der Waals surface area (Å²) < 4.78 is 0. The molecule has 20 heavy (non-hydrogen) atoms. The fraction of sp³-hybridized carbons (Fsp3) is 0.941. The molecule has 3 fully saturated rings. The van der Waals surface area contributed by atoms with Gasteiger partial charge in [-0.15, -0.1) is 0 Å². The first-order valence-electron chi connectivity index (χ1n) is 8.76. The molecular formula is C17H30N2O. The highest BCUT2D eigenvalue weighted by Crippen LogP contribution is 2.61. The maximum absolute atomic E-state index is 12.7. The summed E-state index contributed by atoms with van der Waals surface area (Å²) in [5.74, 6) is 1.33. The van der Waals surface area contributed by atoms with Gasteiger partial charge >= 0.3 is 0 Å². The molecule has 2 saturated carbocycles. The Labute approximate surface area is 123 Å². The van der Waals surface area contributed by atoms with Crippen LogP contribution in [-0.2, 0) is 4.79 Å². The van der Waals surface area contributed by atoms with Gasteiger partial charge in [0.25, 0.3) is 0 Å². The third-order valence-corrected chi connectivity index (χ3v) is 5.58. The standard InChI is InChI=1S/C17H30N2O/c1-3-5-7-14-16(20)19(15(18-14)6-4-2)12-17(10-11-17)13-8-9-13/h13-15,18H,3-12H2,1-2H3. The molecule has 0 aromatic carbocycles. The monoisotopic (exact) mass is 278 g/mol. The molecule has 1 aliphatic heterocycles. The van der Waals surface area contributed by atoms with Crippen LogP contribution in [0.3, 0.4) is 0 Å². The topological polar surface area (TPSA) is 32.3 Å². The Morgan fingerprint density at radius 2 is 1.95 bits per heavy atom. The lowest BCUT2D eigenvalue weighted by Crippen LogP contribution is -2.41. The van der Waals surface area contributed by atoms with Crippen molar-refractivity contribution < 1.29 is 4.79 Å². The van der Waals surface area contributed by atoms with Crippen LogP contribution in [0.2, 0.25) is 0 Å². The molecule has 0 radical (unpaired) electrons. The van der Waals surface area contributed by atoms with E-state index in [1.807, 2.05) is 0 Å². The van der Waals surface area contributed by atoms with Crippen LogP contribution in [-0.4, -0.2) is 29.6 Å². The highest BCUT2D eigenvalue weighted by molar-refractivity contribution is 5.84. The van der Waals surface area contributed by atoms with E-state index in [9.17, 15) is 4.79 Å². The minimum Gasteiger partial charge on any atom is -0.325 e. The molecule has 114 valence electrons. The average molecular weight is 278 g/mol. The van der Waals surface area contributed by atoms with Crippen LogP contribution in [0, 0.1) is 11.3 Å². The molecule has 0 spiro atoms. The van der Waals surface area contributed by atoms with Crippen molar-refractivity contribution in [2.75, 3.05) is 6.54 Å². The second-order valence-corrected chi connectivity index (χ2v) is 7.27. The third-order valence-electron chi connectivity index (χ3n) is 5.58. The van der Waals surface area contributed by atoms with E-state index in [4.69, 9.17) is 0 Å². The van der Waals surface area contributed by atoms with Crippen molar-refractivity contribution in [1.82, 2.24) is 10.2 Å². The molecule has 3 nitrogen and oxygen atoms in total. The minimum absolute atomic E-state index is 0.0986. The normalized spacial score (nSPS) is 31.9. The van der Waals surface area contributed by atoms with E-state index < -0.39 is 0 Å². The van der Waals surface area contributed by atoms with E-state index in [2.05, 4.69) is 24.1 Å². The molecular weight excluding hydrogens is 248 g/mol. The van der Waals surface area contributed by atoms with Crippen molar-refractivity contribution in [3.05, 3.63) is 0 Å². The van der Waals surface area contributed by atoms with Crippen LogP contribution in [0.25, 0.3) is 0 Å². The second-order valence-electron chi connectivity index (χ2n) is 7.27. The summed E-state index contributed by atoms with van der Waals surface area (Å²) in [6.45, 7) is 5.46. The maximum Gasteiger partial charge on any atom is 0.241 e. The SMILES string of the molecule is CCCCC1NC(CCC)N(CC2(C3CC3)CC2)C1=O. The van der Waals surface area contributed by atoms with Crippen LogP contribution in [0.1, 0.15) is 71.6 Å². The predicted octanol–water partition coefficient (Wildman–Crippen LogP) is 3.29. The Bertz CT molecular complexity index is 360. The predicted molar refractivity (Wildman–Crippen MR) is 81.2 cm³/mol. The van der Waals surface area contributed by atoms with E-state index in [0.29, 0.717) is 17.5 Å². The summed E-state index contributed by atoms with van der Waals surface area (Å²) in [4.78, 5) is 14.9. The van der Waals surface area contributed by atoms with Gasteiger partial charge in [-0.05, 0) is 49.9 Å². The lowest BCUT2D eigenvalue weighted by molar-refractivity contribution is -0.131. The highest BCUT2D eigenvalue weighted by Gasteiger charge is 2.56. The first kappa shape index (κ1) is 14.4. The number of hydrogen-bond donors (Lipinski definition) is 1. The smallest absolute Gasteiger partial charge is 0.241 e. The molecule has 1 N–H and O–H groups in total. The number of carbonyl (C=O) groups excluding carboxylic acids is 1. The van der Waals surface area contributed by atoms with Gasteiger partial charge in [0.15, 0.2) is 0 Å². The highest BCUT2D eigenvalue weighted by atomic mass is 16.2. The van der Waals surface area contributed by atoms with Crippen molar-refractivity contribution in [2.45, 2.75) is 83.8 Å². The van der Waals surface area contributed by atoms with Gasteiger partial charge in [-0.2, -0.15) is 0 Å². The fourth-order valence-corrected chi connectivity index (χ4v) is 3.95. The van der Waals surface area contributed by atoms with Gasteiger partial charge in [0, 0.05) is 6.54 Å². The molecule has 1 heterocycles. The third kappa shape index (κ3) is 2.74. The van der Waals surface area contributed by atoms with Gasteiger partial charge in [-0.25, -0.2) is 0 Å². The van der Waals surface area contributed by atoms with Crippen molar-refractivity contribution in [3.63, 3.8) is 0 Å². The van der Waals surface area contributed by atoms with Crippen molar-refractivity contribution in [2.24, 2.45) is 11.3 Å². The van der Waals surface area contributed by atoms with E-state index in [0.717, 1.165) is 38.1 Å². The number of rotatable bonds is 8. The molecule has 1 saturated heterocycles. The van der Waals surface area contributed by atoms with Gasteiger partial charge in [-0.1, -0.05) is 33.1 Å². The Balaban J connectivity index is 1.64. The molecule has 0 bridgehead atoms.